The molecule has 4 nitrogen and oxygen atoms in total. The van der Waals surface area contributed by atoms with Crippen LogP contribution in [0.4, 0.5) is 5.82 Å². The molecular weight excluding hydrogens is 164 g/mol. The van der Waals surface area contributed by atoms with Crippen molar-refractivity contribution < 1.29 is 0 Å². The lowest BCUT2D eigenvalue weighted by molar-refractivity contribution is 0.804. The lowest BCUT2D eigenvalue weighted by atomic mass is 10.3. The maximum Gasteiger partial charge on any atom is 0.151 e. The van der Waals surface area contributed by atoms with Crippen LogP contribution >= 0.6 is 0 Å². The Kier molecular flexibility index (Phi) is 2.84. The van der Waals surface area contributed by atoms with E-state index in [0.717, 1.165) is 11.1 Å². The second kappa shape index (κ2) is 3.89. The summed E-state index contributed by atoms with van der Waals surface area (Å²) in [5, 5.41) is 7.98. The molecular formula is C9H14N4. The van der Waals surface area contributed by atoms with Gasteiger partial charge in [0.2, 0.25) is 0 Å². The summed E-state index contributed by atoms with van der Waals surface area (Å²) in [6.07, 6.45) is 1.68. The first kappa shape index (κ1) is 9.51. The lowest BCUT2D eigenvalue weighted by Gasteiger charge is -1.87. The predicted octanol–water partition coefficient (Wildman–Crippen LogP) is 1.65. The second-order valence-corrected chi connectivity index (χ2v) is 2.41. The van der Waals surface area contributed by atoms with Crippen molar-refractivity contribution in [2.45, 2.75) is 20.8 Å². The molecule has 0 aliphatic carbocycles. The number of nitrogens with two attached hydrogens (primary N) is 1. The van der Waals surface area contributed by atoms with Gasteiger partial charge in [-0.05, 0) is 19.1 Å². The van der Waals surface area contributed by atoms with Gasteiger partial charge in [0.15, 0.2) is 5.82 Å². The molecule has 0 saturated carbocycles. The molecule has 0 aromatic carbocycles. The highest BCUT2D eigenvalue weighted by Gasteiger charge is 2.03. The van der Waals surface area contributed by atoms with Crippen molar-refractivity contribution in [3.63, 3.8) is 0 Å². The molecule has 0 amide bonds. The number of nitrogens with zero attached hydrogens (tertiary/aromatic N) is 3. The highest BCUT2D eigenvalue weighted by atomic mass is 15.4. The van der Waals surface area contributed by atoms with Gasteiger partial charge in [0, 0.05) is 11.8 Å². The van der Waals surface area contributed by atoms with E-state index in [4.69, 9.17) is 5.73 Å². The zero-order valence-corrected chi connectivity index (χ0v) is 8.15. The third-order valence-corrected chi connectivity index (χ3v) is 1.70. The van der Waals surface area contributed by atoms with Gasteiger partial charge in [-0.15, -0.1) is 9.73 Å². The summed E-state index contributed by atoms with van der Waals surface area (Å²) < 4.78 is 1.53. The molecule has 2 aromatic heterocycles. The molecule has 2 heterocycles. The number of anilines is 1. The van der Waals surface area contributed by atoms with Crippen molar-refractivity contribution in [2.24, 2.45) is 0 Å². The first-order valence-electron chi connectivity index (χ1n) is 4.35. The number of fused-ring (bicyclic) bond motifs is 1. The van der Waals surface area contributed by atoms with Crippen molar-refractivity contribution in [3.05, 3.63) is 23.9 Å². The van der Waals surface area contributed by atoms with Crippen molar-refractivity contribution in [1.29, 1.82) is 0 Å². The van der Waals surface area contributed by atoms with E-state index in [1.54, 1.807) is 6.20 Å². The van der Waals surface area contributed by atoms with Gasteiger partial charge >= 0.3 is 0 Å². The molecule has 2 N–H and O–H groups in total. The molecule has 0 aliphatic heterocycles. The van der Waals surface area contributed by atoms with Crippen molar-refractivity contribution in [3.8, 4) is 0 Å². The molecule has 0 atom stereocenters. The van der Waals surface area contributed by atoms with E-state index < -0.39 is 0 Å². The molecule has 2 aromatic rings. The summed E-state index contributed by atoms with van der Waals surface area (Å²) in [5.74, 6) is 0.545. The summed E-state index contributed by atoms with van der Waals surface area (Å²) >= 11 is 0. The molecule has 0 aliphatic rings. The predicted molar refractivity (Wildman–Crippen MR) is 53.5 cm³/mol. The standard InChI is InChI=1S/C7H8N4.C2H6/c1-5-6-3-2-4-9-11(6)10-7(5)8;1-2/h2-4H,1H3,(H2,8,10);1-2H3. The molecule has 2 rings (SSSR count). The zero-order valence-electron chi connectivity index (χ0n) is 8.15. The van der Waals surface area contributed by atoms with Gasteiger partial charge in [0.1, 0.15) is 0 Å². The number of nitrogen functional groups attached to an aromatic ring is 1. The van der Waals surface area contributed by atoms with Crippen LogP contribution in [0.5, 0.6) is 0 Å². The highest BCUT2D eigenvalue weighted by molar-refractivity contribution is 5.61. The van der Waals surface area contributed by atoms with Gasteiger partial charge < -0.3 is 5.73 Å². The fraction of sp³-hybridized carbons (Fsp3) is 0.333. The third kappa shape index (κ3) is 1.61. The summed E-state index contributed by atoms with van der Waals surface area (Å²) in [4.78, 5) is 0. The Bertz CT molecular complexity index is 391. The molecule has 0 fully saturated rings. The lowest BCUT2D eigenvalue weighted by Crippen LogP contribution is -1.92. The second-order valence-electron chi connectivity index (χ2n) is 2.41. The summed E-state index contributed by atoms with van der Waals surface area (Å²) in [5.41, 5.74) is 7.53. The summed E-state index contributed by atoms with van der Waals surface area (Å²) in [7, 11) is 0. The average Bonchev–Trinajstić information content (AvgIpc) is 2.47. The van der Waals surface area contributed by atoms with Crippen LogP contribution in [-0.4, -0.2) is 14.8 Å². The van der Waals surface area contributed by atoms with Crippen LogP contribution in [0.15, 0.2) is 18.3 Å². The molecule has 4 heteroatoms. The van der Waals surface area contributed by atoms with Gasteiger partial charge in [0.05, 0.1) is 5.52 Å². The average molecular weight is 178 g/mol. The Morgan fingerprint density at radius 3 is 2.69 bits per heavy atom. The van der Waals surface area contributed by atoms with Crippen LogP contribution < -0.4 is 5.73 Å². The maximum atomic E-state index is 5.58. The minimum absolute atomic E-state index is 0.545. The molecule has 0 unspecified atom stereocenters. The molecule has 13 heavy (non-hydrogen) atoms. The Hall–Kier alpha value is -1.58. The van der Waals surface area contributed by atoms with Crippen LogP contribution in [0.25, 0.3) is 5.52 Å². The van der Waals surface area contributed by atoms with Gasteiger partial charge in [-0.2, -0.15) is 5.10 Å². The van der Waals surface area contributed by atoms with Crippen molar-refractivity contribution >= 4 is 11.3 Å². The van der Waals surface area contributed by atoms with Crippen LogP contribution in [0.2, 0.25) is 0 Å². The van der Waals surface area contributed by atoms with E-state index in [1.165, 1.54) is 4.63 Å². The smallest absolute Gasteiger partial charge is 0.151 e. The number of aryl methyl sites for hydroxylation is 1. The van der Waals surface area contributed by atoms with Crippen LogP contribution in [0.1, 0.15) is 19.4 Å². The number of hydrogen-bond acceptors (Lipinski definition) is 3. The van der Waals surface area contributed by atoms with Crippen LogP contribution in [0.3, 0.4) is 0 Å². The van der Waals surface area contributed by atoms with Crippen LogP contribution in [-0.2, 0) is 0 Å². The first-order chi connectivity index (χ1) is 6.29. The topological polar surface area (TPSA) is 56.2 Å². The largest absolute Gasteiger partial charge is 0.382 e. The Labute approximate surface area is 77.4 Å². The number of aromatic nitrogens is 3. The van der Waals surface area contributed by atoms with E-state index in [9.17, 15) is 0 Å². The fourth-order valence-electron chi connectivity index (χ4n) is 1.03. The highest BCUT2D eigenvalue weighted by Crippen LogP contribution is 2.13. The van der Waals surface area contributed by atoms with Crippen LogP contribution in [0, 0.1) is 6.92 Å². The summed E-state index contributed by atoms with van der Waals surface area (Å²) in [6, 6.07) is 3.80. The quantitative estimate of drug-likeness (QED) is 0.667. The molecule has 70 valence electrons. The molecule has 0 radical (unpaired) electrons. The van der Waals surface area contributed by atoms with Gasteiger partial charge in [-0.1, -0.05) is 13.8 Å². The number of rotatable bonds is 0. The van der Waals surface area contributed by atoms with Crippen molar-refractivity contribution in [1.82, 2.24) is 14.8 Å². The van der Waals surface area contributed by atoms with Crippen molar-refractivity contribution in [2.75, 3.05) is 5.73 Å². The van der Waals surface area contributed by atoms with E-state index in [1.807, 2.05) is 32.9 Å². The van der Waals surface area contributed by atoms with E-state index in [0.29, 0.717) is 5.82 Å². The van der Waals surface area contributed by atoms with Gasteiger partial charge in [-0.3, -0.25) is 0 Å². The number of hydrogen-bond donors (Lipinski definition) is 1. The third-order valence-electron chi connectivity index (χ3n) is 1.70. The van der Waals surface area contributed by atoms with E-state index in [-0.39, 0.29) is 0 Å². The fourth-order valence-corrected chi connectivity index (χ4v) is 1.03. The Morgan fingerprint density at radius 2 is 2.08 bits per heavy atom. The minimum Gasteiger partial charge on any atom is -0.382 e. The summed E-state index contributed by atoms with van der Waals surface area (Å²) in [6.45, 7) is 5.93. The molecule has 0 bridgehead atoms. The molecule has 0 spiro atoms. The van der Waals surface area contributed by atoms with Gasteiger partial charge in [-0.25, -0.2) is 0 Å². The monoisotopic (exact) mass is 178 g/mol. The maximum absolute atomic E-state index is 5.58. The van der Waals surface area contributed by atoms with E-state index in [2.05, 4.69) is 10.2 Å². The minimum atomic E-state index is 0.545. The Balaban J connectivity index is 0.000000396. The molecule has 0 saturated heterocycles. The van der Waals surface area contributed by atoms with E-state index >= 15 is 0 Å². The van der Waals surface area contributed by atoms with Gasteiger partial charge in [0.25, 0.3) is 0 Å². The Morgan fingerprint density at radius 1 is 1.38 bits per heavy atom. The normalized spacial score (nSPS) is 9.46. The zero-order chi connectivity index (χ0) is 9.84. The SMILES string of the molecule is CC.Cc1c(N)nn2ncccc12. The first-order valence-corrected chi connectivity index (χ1v) is 4.35.